The van der Waals surface area contributed by atoms with Gasteiger partial charge in [-0.25, -0.2) is 0 Å². The zero-order valence-corrected chi connectivity index (χ0v) is 11.9. The van der Waals surface area contributed by atoms with E-state index in [1.165, 1.54) is 11.3 Å². The van der Waals surface area contributed by atoms with Gasteiger partial charge in [0, 0.05) is 18.8 Å². The minimum atomic E-state index is 0.102. The number of benzene rings is 1. The van der Waals surface area contributed by atoms with Crippen LogP contribution in [-0.4, -0.2) is 38.6 Å². The van der Waals surface area contributed by atoms with E-state index >= 15 is 0 Å². The topological polar surface area (TPSA) is 44.4 Å². The molecule has 4 heteroatoms. The standard InChI is InChI=1S/C15H23N3O/c1-11(2)13-6-4-5-7-14(13)18-9-12(8-16-3)17-15(19)10-18/h4-7,11-12,16H,8-10H2,1-3H3,(H,17,19). The maximum Gasteiger partial charge on any atom is 0.239 e. The van der Waals surface area contributed by atoms with E-state index in [1.807, 2.05) is 13.1 Å². The van der Waals surface area contributed by atoms with Crippen molar-refractivity contribution in [2.75, 3.05) is 31.6 Å². The molecule has 1 unspecified atom stereocenters. The van der Waals surface area contributed by atoms with Gasteiger partial charge in [0.25, 0.3) is 0 Å². The number of nitrogens with zero attached hydrogens (tertiary/aromatic N) is 1. The van der Waals surface area contributed by atoms with E-state index in [9.17, 15) is 4.79 Å². The van der Waals surface area contributed by atoms with Gasteiger partial charge in [-0.05, 0) is 24.6 Å². The maximum atomic E-state index is 11.8. The molecule has 104 valence electrons. The van der Waals surface area contributed by atoms with Gasteiger partial charge < -0.3 is 15.5 Å². The lowest BCUT2D eigenvalue weighted by atomic mass is 9.99. The van der Waals surface area contributed by atoms with Crippen molar-refractivity contribution in [1.29, 1.82) is 0 Å². The molecule has 0 bridgehead atoms. The van der Waals surface area contributed by atoms with Crippen LogP contribution in [-0.2, 0) is 4.79 Å². The van der Waals surface area contributed by atoms with Crippen LogP contribution in [0.25, 0.3) is 0 Å². The van der Waals surface area contributed by atoms with Crippen molar-refractivity contribution in [3.63, 3.8) is 0 Å². The Morgan fingerprint density at radius 1 is 1.42 bits per heavy atom. The van der Waals surface area contributed by atoms with E-state index in [1.54, 1.807) is 0 Å². The Bertz CT molecular complexity index is 445. The molecular weight excluding hydrogens is 238 g/mol. The summed E-state index contributed by atoms with van der Waals surface area (Å²) < 4.78 is 0. The van der Waals surface area contributed by atoms with Crippen molar-refractivity contribution in [3.05, 3.63) is 29.8 Å². The molecule has 19 heavy (non-hydrogen) atoms. The molecule has 0 aliphatic carbocycles. The summed E-state index contributed by atoms with van der Waals surface area (Å²) in [6.45, 7) is 6.48. The normalized spacial score (nSPS) is 19.7. The number of piperazine rings is 1. The summed E-state index contributed by atoms with van der Waals surface area (Å²) in [6.07, 6.45) is 0. The Kier molecular flexibility index (Phi) is 4.43. The van der Waals surface area contributed by atoms with Crippen molar-refractivity contribution < 1.29 is 4.79 Å². The smallest absolute Gasteiger partial charge is 0.239 e. The van der Waals surface area contributed by atoms with Crippen molar-refractivity contribution in [2.45, 2.75) is 25.8 Å². The fourth-order valence-electron chi connectivity index (χ4n) is 2.63. The van der Waals surface area contributed by atoms with Crippen molar-refractivity contribution in [1.82, 2.24) is 10.6 Å². The Morgan fingerprint density at radius 3 is 2.84 bits per heavy atom. The second-order valence-corrected chi connectivity index (χ2v) is 5.42. The fraction of sp³-hybridized carbons (Fsp3) is 0.533. The van der Waals surface area contributed by atoms with Gasteiger partial charge in [0.15, 0.2) is 0 Å². The largest absolute Gasteiger partial charge is 0.360 e. The number of nitrogens with one attached hydrogen (secondary N) is 2. The predicted molar refractivity (Wildman–Crippen MR) is 78.6 cm³/mol. The first-order chi connectivity index (χ1) is 9.11. The number of amides is 1. The Balaban J connectivity index is 2.23. The van der Waals surface area contributed by atoms with E-state index in [4.69, 9.17) is 0 Å². The van der Waals surface area contributed by atoms with E-state index < -0.39 is 0 Å². The number of carbonyl (C=O) groups is 1. The molecule has 1 saturated heterocycles. The molecule has 1 aromatic carbocycles. The minimum Gasteiger partial charge on any atom is -0.360 e. The third kappa shape index (κ3) is 3.26. The molecule has 1 aromatic rings. The van der Waals surface area contributed by atoms with Crippen LogP contribution in [0.5, 0.6) is 0 Å². The summed E-state index contributed by atoms with van der Waals surface area (Å²) in [5.74, 6) is 0.564. The van der Waals surface area contributed by atoms with E-state index in [0.717, 1.165) is 13.1 Å². The van der Waals surface area contributed by atoms with Crippen LogP contribution in [0.4, 0.5) is 5.69 Å². The van der Waals surface area contributed by atoms with Crippen molar-refractivity contribution >= 4 is 11.6 Å². The van der Waals surface area contributed by atoms with Crippen molar-refractivity contribution in [2.24, 2.45) is 0 Å². The summed E-state index contributed by atoms with van der Waals surface area (Å²) >= 11 is 0. The van der Waals surface area contributed by atoms with Crippen LogP contribution < -0.4 is 15.5 Å². The second kappa shape index (κ2) is 6.06. The van der Waals surface area contributed by atoms with Gasteiger partial charge >= 0.3 is 0 Å². The molecule has 2 N–H and O–H groups in total. The van der Waals surface area contributed by atoms with E-state index in [2.05, 4.69) is 47.6 Å². The number of carbonyl (C=O) groups excluding carboxylic acids is 1. The number of likely N-dealkylation sites (N-methyl/N-ethyl adjacent to an activating group) is 1. The van der Waals surface area contributed by atoms with Gasteiger partial charge in [0.2, 0.25) is 5.91 Å². The summed E-state index contributed by atoms with van der Waals surface area (Å²) in [6, 6.07) is 8.55. The molecule has 1 amide bonds. The summed E-state index contributed by atoms with van der Waals surface area (Å²) in [5, 5.41) is 6.15. The van der Waals surface area contributed by atoms with Crippen LogP contribution >= 0.6 is 0 Å². The summed E-state index contributed by atoms with van der Waals surface area (Å²) in [5.41, 5.74) is 2.49. The molecule has 2 rings (SSSR count). The van der Waals surface area contributed by atoms with Gasteiger partial charge in [-0.3, -0.25) is 4.79 Å². The minimum absolute atomic E-state index is 0.102. The Morgan fingerprint density at radius 2 is 2.16 bits per heavy atom. The molecule has 1 aliphatic rings. The van der Waals surface area contributed by atoms with Gasteiger partial charge in [-0.15, -0.1) is 0 Å². The molecule has 1 heterocycles. The predicted octanol–water partition coefficient (Wildman–Crippen LogP) is 1.33. The lowest BCUT2D eigenvalue weighted by Crippen LogP contribution is -2.57. The lowest BCUT2D eigenvalue weighted by molar-refractivity contribution is -0.121. The Labute approximate surface area is 115 Å². The number of hydrogen-bond donors (Lipinski definition) is 2. The van der Waals surface area contributed by atoms with Crippen molar-refractivity contribution in [3.8, 4) is 0 Å². The van der Waals surface area contributed by atoms with Crippen LogP contribution in [0, 0.1) is 0 Å². The van der Waals surface area contributed by atoms with Gasteiger partial charge in [0.1, 0.15) is 0 Å². The first kappa shape index (κ1) is 13.9. The average molecular weight is 261 g/mol. The van der Waals surface area contributed by atoms with Gasteiger partial charge in [0.05, 0.1) is 12.6 Å². The number of para-hydroxylation sites is 1. The SMILES string of the molecule is CNCC1CN(c2ccccc2C(C)C)CC(=O)N1. The lowest BCUT2D eigenvalue weighted by Gasteiger charge is -2.36. The van der Waals surface area contributed by atoms with Gasteiger partial charge in [-0.2, -0.15) is 0 Å². The highest BCUT2D eigenvalue weighted by atomic mass is 16.2. The maximum absolute atomic E-state index is 11.8. The van der Waals surface area contributed by atoms with Crippen LogP contribution in [0.1, 0.15) is 25.3 Å². The van der Waals surface area contributed by atoms with Crippen LogP contribution in [0.3, 0.4) is 0 Å². The monoisotopic (exact) mass is 261 g/mol. The van der Waals surface area contributed by atoms with Crippen LogP contribution in [0.15, 0.2) is 24.3 Å². The zero-order valence-electron chi connectivity index (χ0n) is 11.9. The molecule has 1 fully saturated rings. The molecule has 4 nitrogen and oxygen atoms in total. The highest BCUT2D eigenvalue weighted by Gasteiger charge is 2.25. The zero-order chi connectivity index (χ0) is 13.8. The third-order valence-corrected chi connectivity index (χ3v) is 3.49. The van der Waals surface area contributed by atoms with E-state index in [0.29, 0.717) is 12.5 Å². The first-order valence-corrected chi connectivity index (χ1v) is 6.89. The molecule has 0 saturated carbocycles. The summed E-state index contributed by atoms with van der Waals surface area (Å²) in [4.78, 5) is 14.0. The third-order valence-electron chi connectivity index (χ3n) is 3.49. The summed E-state index contributed by atoms with van der Waals surface area (Å²) in [7, 11) is 1.91. The van der Waals surface area contributed by atoms with Crippen LogP contribution in [0.2, 0.25) is 0 Å². The number of rotatable bonds is 4. The van der Waals surface area contributed by atoms with Gasteiger partial charge in [-0.1, -0.05) is 32.0 Å². The highest BCUT2D eigenvalue weighted by molar-refractivity contribution is 5.83. The fourth-order valence-corrected chi connectivity index (χ4v) is 2.63. The number of hydrogen-bond acceptors (Lipinski definition) is 3. The average Bonchev–Trinajstić information content (AvgIpc) is 2.38. The molecule has 1 atom stereocenters. The molecule has 0 radical (unpaired) electrons. The quantitative estimate of drug-likeness (QED) is 0.859. The highest BCUT2D eigenvalue weighted by Crippen LogP contribution is 2.27. The molecule has 0 spiro atoms. The molecule has 0 aromatic heterocycles. The first-order valence-electron chi connectivity index (χ1n) is 6.89. The van der Waals surface area contributed by atoms with E-state index in [-0.39, 0.29) is 11.9 Å². The second-order valence-electron chi connectivity index (χ2n) is 5.42. The molecule has 1 aliphatic heterocycles. The molecular formula is C15H23N3O. The number of anilines is 1. The Hall–Kier alpha value is -1.55.